The molecule has 3 heteroatoms. The maximum Gasteiger partial charge on any atom is 0.118 e. The molecule has 2 aliphatic rings. The number of rotatable bonds is 1. The van der Waals surface area contributed by atoms with Gasteiger partial charge in [-0.3, -0.25) is 0 Å². The van der Waals surface area contributed by atoms with Crippen LogP contribution in [0.25, 0.3) is 0 Å². The molecule has 0 aromatic rings. The van der Waals surface area contributed by atoms with Crippen molar-refractivity contribution in [2.45, 2.75) is 24.6 Å². The van der Waals surface area contributed by atoms with Crippen LogP contribution in [-0.4, -0.2) is 24.8 Å². The first-order valence-corrected chi connectivity index (χ1v) is 3.86. The smallest absolute Gasteiger partial charge is 0.118 e. The molecule has 0 aromatic heterocycles. The fourth-order valence-corrected chi connectivity index (χ4v) is 1.73. The van der Waals surface area contributed by atoms with Gasteiger partial charge in [0.05, 0.1) is 0 Å². The first kappa shape index (κ1) is 6.55. The van der Waals surface area contributed by atoms with Gasteiger partial charge in [-0.25, -0.2) is 4.39 Å². The fourth-order valence-electron chi connectivity index (χ4n) is 1.73. The predicted molar refractivity (Wildman–Crippen MR) is 37.4 cm³/mol. The van der Waals surface area contributed by atoms with Gasteiger partial charge in [-0.2, -0.15) is 0 Å². The summed E-state index contributed by atoms with van der Waals surface area (Å²) >= 11 is 0. The van der Waals surface area contributed by atoms with Crippen molar-refractivity contribution < 1.29 is 4.39 Å². The molecule has 58 valence electrons. The van der Waals surface area contributed by atoms with Gasteiger partial charge in [0.2, 0.25) is 0 Å². The molecular formula is C7H13FN2. The number of nitrogens with two attached hydrogens (primary N) is 1. The molecule has 2 rings (SSSR count). The third-order valence-electron chi connectivity index (χ3n) is 2.71. The van der Waals surface area contributed by atoms with Gasteiger partial charge in [-0.15, -0.1) is 0 Å². The van der Waals surface area contributed by atoms with Gasteiger partial charge < -0.3 is 11.1 Å². The van der Waals surface area contributed by atoms with Crippen LogP contribution in [0.5, 0.6) is 0 Å². The average Bonchev–Trinajstić information content (AvgIpc) is 2.44. The predicted octanol–water partition coefficient (Wildman–Crippen LogP) is 0.0352. The molecule has 2 fully saturated rings. The highest BCUT2D eigenvalue weighted by Crippen LogP contribution is 2.42. The highest BCUT2D eigenvalue weighted by molar-refractivity contribution is 5.09. The van der Waals surface area contributed by atoms with Crippen molar-refractivity contribution >= 4 is 0 Å². The van der Waals surface area contributed by atoms with Crippen LogP contribution in [0.15, 0.2) is 0 Å². The van der Waals surface area contributed by atoms with E-state index in [1.807, 2.05) is 0 Å². The van der Waals surface area contributed by atoms with E-state index < -0.39 is 6.17 Å². The second kappa shape index (κ2) is 1.92. The quantitative estimate of drug-likeness (QED) is 0.545. The summed E-state index contributed by atoms with van der Waals surface area (Å²) in [5, 5.41) is 3.01. The van der Waals surface area contributed by atoms with Gasteiger partial charge in [0, 0.05) is 24.5 Å². The molecule has 3 N–H and O–H groups in total. The van der Waals surface area contributed by atoms with E-state index in [-0.39, 0.29) is 11.5 Å². The Balaban J connectivity index is 2.03. The second-order valence-corrected chi connectivity index (χ2v) is 3.51. The van der Waals surface area contributed by atoms with Gasteiger partial charge in [-0.1, -0.05) is 0 Å². The maximum atomic E-state index is 13.0. The molecule has 2 unspecified atom stereocenters. The summed E-state index contributed by atoms with van der Waals surface area (Å²) in [6, 6.07) is 0. The van der Waals surface area contributed by atoms with Crippen LogP contribution in [0.2, 0.25) is 0 Å². The summed E-state index contributed by atoms with van der Waals surface area (Å²) in [6.45, 7) is 1.28. The van der Waals surface area contributed by atoms with Crippen LogP contribution in [-0.2, 0) is 0 Å². The molecule has 1 aliphatic carbocycles. The zero-order chi connectivity index (χ0) is 7.19. The van der Waals surface area contributed by atoms with Gasteiger partial charge in [-0.05, 0) is 12.8 Å². The standard InChI is InChI=1S/C7H13FN2/c8-6-4-10-3-5(6)7(9)1-2-7/h5-6,10H,1-4,9H2. The zero-order valence-corrected chi connectivity index (χ0v) is 5.94. The van der Waals surface area contributed by atoms with Crippen LogP contribution in [0.4, 0.5) is 4.39 Å². The van der Waals surface area contributed by atoms with Crippen molar-refractivity contribution in [2.75, 3.05) is 13.1 Å². The second-order valence-electron chi connectivity index (χ2n) is 3.51. The average molecular weight is 144 g/mol. The minimum Gasteiger partial charge on any atom is -0.325 e. The summed E-state index contributed by atoms with van der Waals surface area (Å²) in [5.74, 6) is 0.0903. The van der Waals surface area contributed by atoms with Crippen LogP contribution in [0, 0.1) is 5.92 Å². The summed E-state index contributed by atoms with van der Waals surface area (Å²) in [6.07, 6.45) is 1.33. The lowest BCUT2D eigenvalue weighted by atomic mass is 9.96. The van der Waals surface area contributed by atoms with Crippen LogP contribution in [0.1, 0.15) is 12.8 Å². The van der Waals surface area contributed by atoms with E-state index in [9.17, 15) is 4.39 Å². The first-order chi connectivity index (χ1) is 4.72. The molecule has 0 amide bonds. The Bertz CT molecular complexity index is 145. The molecule has 10 heavy (non-hydrogen) atoms. The molecule has 1 saturated heterocycles. The Morgan fingerprint density at radius 2 is 2.10 bits per heavy atom. The zero-order valence-electron chi connectivity index (χ0n) is 5.94. The maximum absolute atomic E-state index is 13.0. The molecule has 0 aromatic carbocycles. The summed E-state index contributed by atoms with van der Waals surface area (Å²) in [4.78, 5) is 0. The van der Waals surface area contributed by atoms with Crippen molar-refractivity contribution in [3.63, 3.8) is 0 Å². The Morgan fingerprint density at radius 1 is 1.40 bits per heavy atom. The number of hydrogen-bond acceptors (Lipinski definition) is 2. The molecule has 1 aliphatic heterocycles. The third-order valence-corrected chi connectivity index (χ3v) is 2.71. The summed E-state index contributed by atoms with van der Waals surface area (Å²) < 4.78 is 13.0. The fraction of sp³-hybridized carbons (Fsp3) is 1.00. The van der Waals surface area contributed by atoms with Crippen molar-refractivity contribution in [3.05, 3.63) is 0 Å². The molecule has 0 bridgehead atoms. The van der Waals surface area contributed by atoms with E-state index in [2.05, 4.69) is 5.32 Å². The van der Waals surface area contributed by atoms with Gasteiger partial charge in [0.25, 0.3) is 0 Å². The third kappa shape index (κ3) is 0.847. The molecule has 2 nitrogen and oxygen atoms in total. The van der Waals surface area contributed by atoms with E-state index in [0.29, 0.717) is 6.54 Å². The molecule has 1 saturated carbocycles. The Morgan fingerprint density at radius 3 is 2.50 bits per heavy atom. The van der Waals surface area contributed by atoms with E-state index in [1.54, 1.807) is 0 Å². The lowest BCUT2D eigenvalue weighted by Gasteiger charge is -2.18. The van der Waals surface area contributed by atoms with Gasteiger partial charge in [0.15, 0.2) is 0 Å². The number of halogens is 1. The number of alkyl halides is 1. The van der Waals surface area contributed by atoms with Crippen molar-refractivity contribution in [1.82, 2.24) is 5.32 Å². The van der Waals surface area contributed by atoms with Crippen LogP contribution >= 0.6 is 0 Å². The molecule has 1 heterocycles. The van der Waals surface area contributed by atoms with E-state index in [4.69, 9.17) is 5.73 Å². The van der Waals surface area contributed by atoms with Gasteiger partial charge in [0.1, 0.15) is 6.17 Å². The van der Waals surface area contributed by atoms with Crippen molar-refractivity contribution in [3.8, 4) is 0 Å². The Labute approximate surface area is 60.0 Å². The van der Waals surface area contributed by atoms with Crippen molar-refractivity contribution in [2.24, 2.45) is 11.7 Å². The first-order valence-electron chi connectivity index (χ1n) is 3.86. The molecular weight excluding hydrogens is 131 g/mol. The molecule has 0 spiro atoms. The highest BCUT2D eigenvalue weighted by atomic mass is 19.1. The SMILES string of the molecule is NC1(C2CNCC2F)CC1. The Kier molecular flexibility index (Phi) is 1.26. The monoisotopic (exact) mass is 144 g/mol. The lowest BCUT2D eigenvalue weighted by Crippen LogP contribution is -2.38. The summed E-state index contributed by atoms with van der Waals surface area (Å²) in [7, 11) is 0. The van der Waals surface area contributed by atoms with Gasteiger partial charge >= 0.3 is 0 Å². The van der Waals surface area contributed by atoms with E-state index in [0.717, 1.165) is 19.4 Å². The van der Waals surface area contributed by atoms with Crippen LogP contribution < -0.4 is 11.1 Å². The minimum absolute atomic E-state index is 0.0903. The topological polar surface area (TPSA) is 38.0 Å². The van der Waals surface area contributed by atoms with E-state index >= 15 is 0 Å². The summed E-state index contributed by atoms with van der Waals surface area (Å²) in [5.41, 5.74) is 5.73. The number of nitrogens with one attached hydrogen (secondary N) is 1. The van der Waals surface area contributed by atoms with Crippen LogP contribution in [0.3, 0.4) is 0 Å². The minimum atomic E-state index is -0.701. The van der Waals surface area contributed by atoms with Crippen molar-refractivity contribution in [1.29, 1.82) is 0 Å². The normalized spacial score (nSPS) is 43.8. The lowest BCUT2D eigenvalue weighted by molar-refractivity contribution is 0.243. The molecule has 2 atom stereocenters. The molecule has 0 radical (unpaired) electrons. The highest BCUT2D eigenvalue weighted by Gasteiger charge is 2.50. The van der Waals surface area contributed by atoms with E-state index in [1.165, 1.54) is 0 Å². The largest absolute Gasteiger partial charge is 0.325 e. The number of hydrogen-bond donors (Lipinski definition) is 2. The Hall–Kier alpha value is -0.150.